The zero-order chi connectivity index (χ0) is 13.4. The minimum atomic E-state index is -0.116. The van der Waals surface area contributed by atoms with E-state index in [9.17, 15) is 4.79 Å². The first-order valence-electron chi connectivity index (χ1n) is 6.66. The van der Waals surface area contributed by atoms with Crippen molar-refractivity contribution in [1.82, 2.24) is 0 Å². The molecule has 0 aliphatic carbocycles. The third-order valence-electron chi connectivity index (χ3n) is 3.80. The molecule has 2 aliphatic heterocycles. The zero-order valence-corrected chi connectivity index (χ0v) is 11.6. The van der Waals surface area contributed by atoms with Crippen molar-refractivity contribution in [3.63, 3.8) is 0 Å². The summed E-state index contributed by atoms with van der Waals surface area (Å²) in [7, 11) is 0. The maximum absolute atomic E-state index is 12.3. The van der Waals surface area contributed by atoms with E-state index in [0.29, 0.717) is 18.2 Å². The van der Waals surface area contributed by atoms with Gasteiger partial charge in [-0.05, 0) is 18.6 Å². The minimum Gasteiger partial charge on any atom is -0.378 e. The summed E-state index contributed by atoms with van der Waals surface area (Å²) in [6.45, 7) is 4.12. The number of nitrogens with one attached hydrogen (secondary N) is 1. The number of rotatable bonds is 2. The van der Waals surface area contributed by atoms with Gasteiger partial charge in [-0.1, -0.05) is 24.6 Å². The van der Waals surface area contributed by atoms with Crippen molar-refractivity contribution in [2.75, 3.05) is 30.0 Å². The Morgan fingerprint density at radius 1 is 1.47 bits per heavy atom. The Balaban J connectivity index is 2.10. The van der Waals surface area contributed by atoms with Crippen LogP contribution >= 0.6 is 11.6 Å². The van der Waals surface area contributed by atoms with E-state index < -0.39 is 0 Å². The van der Waals surface area contributed by atoms with Crippen molar-refractivity contribution in [3.8, 4) is 0 Å². The number of carbonyl (C=O) groups is 1. The first-order chi connectivity index (χ1) is 9.22. The van der Waals surface area contributed by atoms with Gasteiger partial charge in [-0.3, -0.25) is 4.79 Å². The van der Waals surface area contributed by atoms with Crippen molar-refractivity contribution in [2.45, 2.75) is 19.4 Å². The monoisotopic (exact) mass is 280 g/mol. The lowest BCUT2D eigenvalue weighted by Crippen LogP contribution is -2.42. The molecule has 2 atom stereocenters. The van der Waals surface area contributed by atoms with E-state index in [1.54, 1.807) is 0 Å². The minimum absolute atomic E-state index is 0.00968. The lowest BCUT2D eigenvalue weighted by Gasteiger charge is -2.31. The van der Waals surface area contributed by atoms with Gasteiger partial charge in [0.15, 0.2) is 0 Å². The van der Waals surface area contributed by atoms with Gasteiger partial charge in [0.2, 0.25) is 5.91 Å². The van der Waals surface area contributed by atoms with Gasteiger partial charge in [0, 0.05) is 6.54 Å². The summed E-state index contributed by atoms with van der Waals surface area (Å²) in [5.41, 5.74) is 1.73. The molecule has 19 heavy (non-hydrogen) atoms. The lowest BCUT2D eigenvalue weighted by molar-refractivity contribution is -0.120. The third-order valence-corrected chi connectivity index (χ3v) is 4.12. The largest absolute Gasteiger partial charge is 0.378 e. The molecule has 5 heteroatoms. The van der Waals surface area contributed by atoms with Crippen LogP contribution in [0, 0.1) is 5.92 Å². The summed E-state index contributed by atoms with van der Waals surface area (Å²) in [6, 6.07) is 5.85. The maximum atomic E-state index is 12.3. The molecule has 2 unspecified atom stereocenters. The molecule has 1 aromatic rings. The van der Waals surface area contributed by atoms with Gasteiger partial charge < -0.3 is 15.0 Å². The topological polar surface area (TPSA) is 41.6 Å². The Kier molecular flexibility index (Phi) is 3.37. The van der Waals surface area contributed by atoms with E-state index in [0.717, 1.165) is 24.3 Å². The van der Waals surface area contributed by atoms with E-state index in [4.69, 9.17) is 16.3 Å². The molecule has 2 aliphatic rings. The number of para-hydroxylation sites is 1. The van der Waals surface area contributed by atoms with E-state index in [2.05, 4.69) is 17.1 Å². The van der Waals surface area contributed by atoms with Crippen molar-refractivity contribution < 1.29 is 9.53 Å². The van der Waals surface area contributed by atoms with Crippen LogP contribution < -0.4 is 10.2 Å². The predicted octanol–water partition coefficient (Wildman–Crippen LogP) is 2.52. The van der Waals surface area contributed by atoms with Crippen LogP contribution in [0.25, 0.3) is 0 Å². The average molecular weight is 281 g/mol. The van der Waals surface area contributed by atoms with Gasteiger partial charge in [-0.2, -0.15) is 0 Å². The van der Waals surface area contributed by atoms with Gasteiger partial charge in [0.25, 0.3) is 0 Å². The molecule has 1 amide bonds. The highest BCUT2D eigenvalue weighted by molar-refractivity contribution is 6.34. The van der Waals surface area contributed by atoms with Crippen LogP contribution in [0.5, 0.6) is 0 Å². The number of benzene rings is 1. The van der Waals surface area contributed by atoms with Crippen LogP contribution in [0.15, 0.2) is 18.2 Å². The van der Waals surface area contributed by atoms with E-state index >= 15 is 0 Å². The summed E-state index contributed by atoms with van der Waals surface area (Å²) in [4.78, 5) is 14.5. The Morgan fingerprint density at radius 3 is 3.11 bits per heavy atom. The summed E-state index contributed by atoms with van der Waals surface area (Å²) >= 11 is 6.23. The second-order valence-electron chi connectivity index (χ2n) is 5.03. The molecule has 0 spiro atoms. The standard InChI is InChI=1S/C14H17ClN2O2/c1-2-6-17-11-5-3-4-10(15)13(11)16-14(18)9-7-19-8-12(9)17/h3-5,9,12H,2,6-8H2,1H3,(H,16,18). The molecule has 3 rings (SSSR count). The molecule has 0 bridgehead atoms. The van der Waals surface area contributed by atoms with Crippen LogP contribution in [-0.4, -0.2) is 31.7 Å². The van der Waals surface area contributed by atoms with Crippen LogP contribution in [0.2, 0.25) is 5.02 Å². The molecule has 0 radical (unpaired) electrons. The summed E-state index contributed by atoms with van der Waals surface area (Å²) in [5.74, 6) is -0.106. The van der Waals surface area contributed by atoms with Crippen LogP contribution in [0.4, 0.5) is 11.4 Å². The van der Waals surface area contributed by atoms with E-state index in [1.165, 1.54) is 0 Å². The number of fused-ring (bicyclic) bond motifs is 2. The second-order valence-corrected chi connectivity index (χ2v) is 5.44. The SMILES string of the molecule is CCCN1c2cccc(Cl)c2NC(=O)C2COCC21. The number of nitrogens with zero attached hydrogens (tertiary/aromatic N) is 1. The maximum Gasteiger partial charge on any atom is 0.232 e. The number of ether oxygens (including phenoxy) is 1. The first kappa shape index (κ1) is 12.8. The molecule has 0 aromatic heterocycles. The Bertz CT molecular complexity index is 506. The number of amides is 1. The smallest absolute Gasteiger partial charge is 0.232 e. The van der Waals surface area contributed by atoms with E-state index in [-0.39, 0.29) is 17.9 Å². The first-order valence-corrected chi connectivity index (χ1v) is 7.04. The van der Waals surface area contributed by atoms with Gasteiger partial charge in [-0.25, -0.2) is 0 Å². The van der Waals surface area contributed by atoms with Gasteiger partial charge in [-0.15, -0.1) is 0 Å². The fourth-order valence-corrected chi connectivity index (χ4v) is 3.11. The summed E-state index contributed by atoms with van der Waals surface area (Å²) in [5, 5.41) is 3.55. The fraction of sp³-hybridized carbons (Fsp3) is 0.500. The molecular formula is C14H17ClN2O2. The summed E-state index contributed by atoms with van der Waals surface area (Å²) in [6.07, 6.45) is 1.02. The molecule has 1 saturated heterocycles. The Hall–Kier alpha value is -1.26. The van der Waals surface area contributed by atoms with Crippen LogP contribution in [0.3, 0.4) is 0 Å². The molecule has 1 aromatic carbocycles. The predicted molar refractivity (Wildman–Crippen MR) is 75.8 cm³/mol. The number of carbonyl (C=O) groups excluding carboxylic acids is 1. The van der Waals surface area contributed by atoms with Crippen molar-refractivity contribution in [3.05, 3.63) is 23.2 Å². The van der Waals surface area contributed by atoms with Gasteiger partial charge >= 0.3 is 0 Å². The van der Waals surface area contributed by atoms with Crippen LogP contribution in [0.1, 0.15) is 13.3 Å². The molecule has 4 nitrogen and oxygen atoms in total. The average Bonchev–Trinajstić information content (AvgIpc) is 2.84. The summed E-state index contributed by atoms with van der Waals surface area (Å²) < 4.78 is 5.50. The molecule has 1 N–H and O–H groups in total. The van der Waals surface area contributed by atoms with E-state index in [1.807, 2.05) is 18.2 Å². The molecule has 1 fully saturated rings. The Labute approximate surface area is 117 Å². The molecular weight excluding hydrogens is 264 g/mol. The lowest BCUT2D eigenvalue weighted by atomic mass is 10.0. The number of hydrogen-bond donors (Lipinski definition) is 1. The third kappa shape index (κ3) is 2.09. The number of halogens is 1. The fourth-order valence-electron chi connectivity index (χ4n) is 2.90. The highest BCUT2D eigenvalue weighted by Gasteiger charge is 2.41. The van der Waals surface area contributed by atoms with Crippen molar-refractivity contribution in [1.29, 1.82) is 0 Å². The number of hydrogen-bond acceptors (Lipinski definition) is 3. The van der Waals surface area contributed by atoms with Crippen molar-refractivity contribution >= 4 is 28.9 Å². The zero-order valence-electron chi connectivity index (χ0n) is 10.9. The second kappa shape index (κ2) is 5.02. The highest BCUT2D eigenvalue weighted by Crippen LogP contribution is 2.39. The van der Waals surface area contributed by atoms with Crippen LogP contribution in [-0.2, 0) is 9.53 Å². The van der Waals surface area contributed by atoms with Crippen molar-refractivity contribution in [2.24, 2.45) is 5.92 Å². The Morgan fingerprint density at radius 2 is 2.32 bits per heavy atom. The quantitative estimate of drug-likeness (QED) is 0.905. The van der Waals surface area contributed by atoms with Gasteiger partial charge in [0.05, 0.1) is 41.6 Å². The number of anilines is 2. The molecule has 102 valence electrons. The van der Waals surface area contributed by atoms with Gasteiger partial charge in [0.1, 0.15) is 0 Å². The molecule has 2 heterocycles. The molecule has 0 saturated carbocycles. The normalized spacial score (nSPS) is 25.6. The highest BCUT2D eigenvalue weighted by atomic mass is 35.5.